The normalized spacial score (nSPS) is 19.6. The molecule has 0 spiro atoms. The summed E-state index contributed by atoms with van der Waals surface area (Å²) in [6.45, 7) is 5.01. The van der Waals surface area contributed by atoms with E-state index in [0.717, 1.165) is 10.1 Å². The van der Waals surface area contributed by atoms with Gasteiger partial charge < -0.3 is 4.90 Å². The van der Waals surface area contributed by atoms with Crippen molar-refractivity contribution in [1.82, 2.24) is 9.88 Å². The minimum Gasteiger partial charge on any atom is -0.331 e. The first-order valence-electron chi connectivity index (χ1n) is 6.51. The average molecular weight is 357 g/mol. The van der Waals surface area contributed by atoms with Crippen LogP contribution in [0.25, 0.3) is 10.6 Å². The smallest absolute Gasteiger partial charge is 0.272 e. The number of carbonyl (C=O) groups is 1. The van der Waals surface area contributed by atoms with Crippen LogP contribution in [0.4, 0.5) is 8.78 Å². The van der Waals surface area contributed by atoms with E-state index in [4.69, 9.17) is 0 Å². The summed E-state index contributed by atoms with van der Waals surface area (Å²) in [6, 6.07) is 3.30. The fourth-order valence-electron chi connectivity index (χ4n) is 2.18. The number of hydrogen-bond donors (Lipinski definition) is 0. The molecular weight excluding hydrogens is 342 g/mol. The van der Waals surface area contributed by atoms with Crippen molar-refractivity contribution in [1.29, 1.82) is 0 Å². The lowest BCUT2D eigenvalue weighted by Crippen LogP contribution is -2.36. The van der Waals surface area contributed by atoms with Crippen molar-refractivity contribution < 1.29 is 13.6 Å². The first-order valence-corrected chi connectivity index (χ1v) is 7.30. The molecule has 2 heterocycles. The van der Waals surface area contributed by atoms with Crippen LogP contribution < -0.4 is 10.6 Å². The zero-order valence-corrected chi connectivity index (χ0v) is 13.2. The highest BCUT2D eigenvalue weighted by Gasteiger charge is 2.40. The summed E-state index contributed by atoms with van der Waals surface area (Å²) in [5, 5.41) is 1.41. The van der Waals surface area contributed by atoms with Gasteiger partial charge in [-0.05, 0) is 34.1 Å². The maximum absolute atomic E-state index is 13.2. The van der Waals surface area contributed by atoms with Crippen LogP contribution in [-0.4, -0.2) is 34.8 Å². The van der Waals surface area contributed by atoms with Crippen molar-refractivity contribution in [3.8, 4) is 0 Å². The van der Waals surface area contributed by atoms with Crippen LogP contribution in [0.5, 0.6) is 0 Å². The Labute approximate surface area is 129 Å². The van der Waals surface area contributed by atoms with Gasteiger partial charge in [0.15, 0.2) is 0 Å². The molecule has 0 unspecified atom stereocenters. The Morgan fingerprint density at radius 2 is 2.24 bits per heavy atom. The second kappa shape index (κ2) is 6.05. The number of halogens is 3. The Morgan fingerprint density at radius 1 is 1.52 bits per heavy atom. The predicted molar refractivity (Wildman–Crippen MR) is 81.6 cm³/mol. The molecule has 1 amide bonds. The molecule has 0 aliphatic carbocycles. The van der Waals surface area contributed by atoms with Crippen LogP contribution in [0, 0.1) is 0 Å². The highest BCUT2D eigenvalue weighted by molar-refractivity contribution is 9.15. The molecule has 0 N–H and O–H groups in total. The maximum Gasteiger partial charge on any atom is 0.272 e. The zero-order valence-electron chi connectivity index (χ0n) is 11.6. The van der Waals surface area contributed by atoms with Crippen LogP contribution in [0.3, 0.4) is 0 Å². The Hall–Kier alpha value is -1.56. The molecule has 0 radical (unpaired) electrons. The van der Waals surface area contributed by atoms with Gasteiger partial charge in [-0.3, -0.25) is 4.79 Å². The second-order valence-corrected chi connectivity index (χ2v) is 5.66. The molecule has 1 aliphatic rings. The highest BCUT2D eigenvalue weighted by Crippen LogP contribution is 2.27. The van der Waals surface area contributed by atoms with Crippen molar-refractivity contribution in [3.05, 3.63) is 41.0 Å². The van der Waals surface area contributed by atoms with Gasteiger partial charge in [-0.2, -0.15) is 0 Å². The van der Waals surface area contributed by atoms with Crippen molar-refractivity contribution in [2.75, 3.05) is 13.1 Å². The van der Waals surface area contributed by atoms with E-state index in [1.54, 1.807) is 18.2 Å². The predicted octanol–water partition coefficient (Wildman–Crippen LogP) is 2.05. The van der Waals surface area contributed by atoms with Crippen molar-refractivity contribution >= 4 is 32.4 Å². The Morgan fingerprint density at radius 3 is 2.76 bits per heavy atom. The Bertz CT molecular complexity index is 700. The van der Waals surface area contributed by atoms with E-state index >= 15 is 0 Å². The number of aromatic nitrogens is 1. The molecule has 1 saturated heterocycles. The zero-order chi connectivity index (χ0) is 15.6. The molecule has 0 atom stereocenters. The lowest BCUT2D eigenvalue weighted by atomic mass is 10.2. The SMILES string of the molecule is C=C/C(Br)=c1/nc(C(=O)N2CCC(F)(F)C2)cc/c1=C/C. The number of likely N-dealkylation sites (tertiary alicyclic amines) is 1. The number of alkyl halides is 2. The lowest BCUT2D eigenvalue weighted by molar-refractivity contribution is 0.0119. The minimum absolute atomic E-state index is 0.0524. The van der Waals surface area contributed by atoms with Gasteiger partial charge >= 0.3 is 0 Å². The van der Waals surface area contributed by atoms with Gasteiger partial charge in [0.1, 0.15) is 5.69 Å². The number of rotatable bonds is 2. The first kappa shape index (κ1) is 15.8. The first-order chi connectivity index (χ1) is 9.88. The number of amides is 1. The van der Waals surface area contributed by atoms with Crippen molar-refractivity contribution in [2.45, 2.75) is 19.3 Å². The van der Waals surface area contributed by atoms with E-state index in [1.165, 1.54) is 0 Å². The van der Waals surface area contributed by atoms with Gasteiger partial charge in [-0.15, -0.1) is 0 Å². The Balaban J connectivity index is 2.43. The van der Waals surface area contributed by atoms with Gasteiger partial charge in [-0.25, -0.2) is 13.8 Å². The number of pyridine rings is 1. The molecule has 0 aromatic carbocycles. The van der Waals surface area contributed by atoms with E-state index in [9.17, 15) is 13.6 Å². The quantitative estimate of drug-likeness (QED) is 0.812. The maximum atomic E-state index is 13.2. The third kappa shape index (κ3) is 3.37. The van der Waals surface area contributed by atoms with E-state index < -0.39 is 18.4 Å². The van der Waals surface area contributed by atoms with Crippen molar-refractivity contribution in [2.24, 2.45) is 0 Å². The molecule has 3 nitrogen and oxygen atoms in total. The molecule has 112 valence electrons. The molecule has 1 aromatic rings. The summed E-state index contributed by atoms with van der Waals surface area (Å²) in [5.74, 6) is -3.27. The molecule has 2 rings (SSSR count). The van der Waals surface area contributed by atoms with Gasteiger partial charge in [-0.1, -0.05) is 24.8 Å². The fourth-order valence-corrected chi connectivity index (χ4v) is 2.50. The molecule has 1 aliphatic heterocycles. The van der Waals surface area contributed by atoms with Crippen LogP contribution >= 0.6 is 15.9 Å². The minimum atomic E-state index is -2.80. The Kier molecular flexibility index (Phi) is 4.56. The summed E-state index contributed by atoms with van der Waals surface area (Å²) in [7, 11) is 0. The van der Waals surface area contributed by atoms with E-state index in [-0.39, 0.29) is 18.7 Å². The summed E-state index contributed by atoms with van der Waals surface area (Å²) < 4.78 is 27.1. The van der Waals surface area contributed by atoms with Crippen LogP contribution in [0.2, 0.25) is 0 Å². The molecule has 21 heavy (non-hydrogen) atoms. The molecule has 0 saturated carbocycles. The van der Waals surface area contributed by atoms with Crippen LogP contribution in [0.15, 0.2) is 24.8 Å². The van der Waals surface area contributed by atoms with Crippen LogP contribution in [-0.2, 0) is 0 Å². The monoisotopic (exact) mass is 356 g/mol. The molecule has 0 bridgehead atoms. The van der Waals surface area contributed by atoms with E-state index in [2.05, 4.69) is 27.5 Å². The highest BCUT2D eigenvalue weighted by atomic mass is 79.9. The summed E-state index contributed by atoms with van der Waals surface area (Å²) >= 11 is 3.33. The largest absolute Gasteiger partial charge is 0.331 e. The molecule has 6 heteroatoms. The molecular formula is C15H15BrF2N2O. The van der Waals surface area contributed by atoms with Gasteiger partial charge in [0.2, 0.25) is 0 Å². The standard InChI is InChI=1S/C15H15BrF2N2O/c1-3-10-5-6-12(19-13(10)11(16)4-2)14(21)20-8-7-15(17,18)9-20/h3-6H,2,7-9H2,1H3/b10-3-,13-11-. The number of allylic oxidation sites excluding steroid dienone is 1. The fraction of sp³-hybridized carbons (Fsp3) is 0.333. The van der Waals surface area contributed by atoms with Gasteiger partial charge in [0, 0.05) is 17.4 Å². The summed E-state index contributed by atoms with van der Waals surface area (Å²) in [5.41, 5.74) is 0.159. The third-order valence-corrected chi connectivity index (χ3v) is 4.02. The summed E-state index contributed by atoms with van der Waals surface area (Å²) in [4.78, 5) is 17.7. The number of carbonyl (C=O) groups excluding carboxylic acids is 1. The average Bonchev–Trinajstić information content (AvgIpc) is 2.85. The number of nitrogens with zero attached hydrogens (tertiary/aromatic N) is 2. The molecule has 1 aromatic heterocycles. The molecule has 1 fully saturated rings. The lowest BCUT2D eigenvalue weighted by Gasteiger charge is -2.15. The van der Waals surface area contributed by atoms with Crippen LogP contribution in [0.1, 0.15) is 23.8 Å². The topological polar surface area (TPSA) is 33.2 Å². The second-order valence-electron chi connectivity index (χ2n) is 4.81. The van der Waals surface area contributed by atoms with Gasteiger partial charge in [0.25, 0.3) is 11.8 Å². The van der Waals surface area contributed by atoms with E-state index in [0.29, 0.717) is 9.83 Å². The number of hydrogen-bond acceptors (Lipinski definition) is 2. The third-order valence-electron chi connectivity index (χ3n) is 3.32. The van der Waals surface area contributed by atoms with Gasteiger partial charge in [0.05, 0.1) is 11.9 Å². The summed E-state index contributed by atoms with van der Waals surface area (Å²) in [6.07, 6.45) is 3.13. The van der Waals surface area contributed by atoms with Crippen molar-refractivity contribution in [3.63, 3.8) is 0 Å². The van der Waals surface area contributed by atoms with E-state index in [1.807, 2.05) is 13.0 Å².